The predicted octanol–water partition coefficient (Wildman–Crippen LogP) is 11.5. The van der Waals surface area contributed by atoms with Crippen molar-refractivity contribution >= 4 is 43.7 Å². The fraction of sp³-hybridized carbons (Fsp3) is 0. The molecular formula is C45H28N4O. The Morgan fingerprint density at radius 1 is 0.480 bits per heavy atom. The number of fused-ring (bicyclic) bond motifs is 6. The van der Waals surface area contributed by atoms with Gasteiger partial charge in [0.2, 0.25) is 0 Å². The summed E-state index contributed by atoms with van der Waals surface area (Å²) in [5.74, 6) is 0.611. The van der Waals surface area contributed by atoms with Crippen molar-refractivity contribution in [2.45, 2.75) is 0 Å². The van der Waals surface area contributed by atoms with Crippen molar-refractivity contribution < 1.29 is 14.0 Å². The first-order valence-electron chi connectivity index (χ1n) is 19.6. The summed E-state index contributed by atoms with van der Waals surface area (Å²) in [6.45, 7) is 0. The summed E-state index contributed by atoms with van der Waals surface area (Å²) in [5.41, 5.74) is 5.02. The van der Waals surface area contributed by atoms with Gasteiger partial charge in [0, 0.05) is 55.6 Å². The van der Waals surface area contributed by atoms with Crippen LogP contribution in [0.1, 0.15) is 9.60 Å². The van der Waals surface area contributed by atoms with Crippen LogP contribution in [0, 0.1) is 0 Å². The van der Waals surface area contributed by atoms with Crippen LogP contribution in [0.15, 0.2) is 174 Å². The van der Waals surface area contributed by atoms with Crippen LogP contribution in [0.25, 0.3) is 94.7 Å². The largest absolute Gasteiger partial charge is 0.455 e. The Morgan fingerprint density at radius 2 is 1.10 bits per heavy atom. The van der Waals surface area contributed by atoms with Crippen molar-refractivity contribution in [3.63, 3.8) is 0 Å². The van der Waals surface area contributed by atoms with Gasteiger partial charge in [-0.15, -0.1) is 0 Å². The highest BCUT2D eigenvalue weighted by Gasteiger charge is 2.18. The molecule has 5 heteroatoms. The van der Waals surface area contributed by atoms with Gasteiger partial charge in [-0.1, -0.05) is 127 Å². The Kier molecular flexibility index (Phi) is 4.99. The Balaban J connectivity index is 1.28. The molecular weight excluding hydrogens is 613 g/mol. The third-order valence-corrected chi connectivity index (χ3v) is 8.91. The van der Waals surface area contributed by atoms with E-state index in [1.807, 2.05) is 115 Å². The molecule has 3 aromatic heterocycles. The Morgan fingerprint density at radius 3 is 1.80 bits per heavy atom. The van der Waals surface area contributed by atoms with Crippen molar-refractivity contribution in [3.8, 4) is 51.0 Å². The second-order valence-corrected chi connectivity index (χ2v) is 11.9. The quantitative estimate of drug-likeness (QED) is 0.186. The number of hydrogen-bond donors (Lipinski definition) is 0. The van der Waals surface area contributed by atoms with E-state index >= 15 is 0 Å². The van der Waals surface area contributed by atoms with Crippen LogP contribution in [-0.4, -0.2) is 19.5 Å². The summed E-state index contributed by atoms with van der Waals surface area (Å²) in [7, 11) is 0. The van der Waals surface area contributed by atoms with E-state index in [0.717, 1.165) is 21.9 Å². The van der Waals surface area contributed by atoms with Gasteiger partial charge >= 0.3 is 0 Å². The zero-order chi connectivity index (χ0) is 39.1. The van der Waals surface area contributed by atoms with E-state index < -0.39 is 12.1 Å². The summed E-state index contributed by atoms with van der Waals surface area (Å²) in [6, 6.07) is 37.4. The fourth-order valence-corrected chi connectivity index (χ4v) is 6.58. The van der Waals surface area contributed by atoms with Crippen LogP contribution in [0.3, 0.4) is 0 Å². The molecule has 10 rings (SSSR count). The third-order valence-electron chi connectivity index (χ3n) is 8.91. The van der Waals surface area contributed by atoms with Crippen molar-refractivity contribution in [2.75, 3.05) is 0 Å². The molecule has 0 unspecified atom stereocenters. The maximum absolute atomic E-state index is 9.74. The number of rotatable bonds is 5. The van der Waals surface area contributed by atoms with Gasteiger partial charge in [0.15, 0.2) is 17.5 Å². The average molecular weight is 648 g/mol. The summed E-state index contributed by atoms with van der Waals surface area (Å²) in [4.78, 5) is 14.2. The van der Waals surface area contributed by atoms with E-state index in [2.05, 4.69) is 0 Å². The average Bonchev–Trinajstić information content (AvgIpc) is 3.82. The summed E-state index contributed by atoms with van der Waals surface area (Å²) in [6.07, 6.45) is 0. The minimum atomic E-state index is -0.479. The maximum atomic E-state index is 9.74. The molecule has 7 aromatic carbocycles. The van der Waals surface area contributed by atoms with Crippen molar-refractivity contribution in [1.82, 2.24) is 19.5 Å². The standard InChI is InChI=1S/C45H28N4O/c1-4-13-29(14-5-1)34-20-12-21-37-36-25-24-33(28-41(36)50-42(34)37)49-39-22-11-10-19-35(39)38-27-32(23-26-40(38)49)45-47-43(30-15-6-2-7-16-30)46-44(48-45)31-17-8-3-9-18-31/h1-28H/i10D,11D,19D,22D,23D,26D,27D. The van der Waals surface area contributed by atoms with Crippen molar-refractivity contribution in [1.29, 1.82) is 0 Å². The lowest BCUT2D eigenvalue weighted by Gasteiger charge is -2.10. The van der Waals surface area contributed by atoms with Crippen LogP contribution in [0.2, 0.25) is 0 Å². The predicted molar refractivity (Wildman–Crippen MR) is 203 cm³/mol. The van der Waals surface area contributed by atoms with Gasteiger partial charge in [-0.25, -0.2) is 15.0 Å². The van der Waals surface area contributed by atoms with Crippen LogP contribution < -0.4 is 0 Å². The van der Waals surface area contributed by atoms with Crippen molar-refractivity contribution in [2.24, 2.45) is 0 Å². The molecule has 10 aromatic rings. The lowest BCUT2D eigenvalue weighted by atomic mass is 10.0. The molecule has 0 bridgehead atoms. The molecule has 0 radical (unpaired) electrons. The lowest BCUT2D eigenvalue weighted by Crippen LogP contribution is -2.00. The molecule has 3 heterocycles. The van der Waals surface area contributed by atoms with Gasteiger partial charge in [0.25, 0.3) is 0 Å². The maximum Gasteiger partial charge on any atom is 0.164 e. The molecule has 234 valence electrons. The molecule has 5 nitrogen and oxygen atoms in total. The molecule has 0 fully saturated rings. The van der Waals surface area contributed by atoms with E-state index in [9.17, 15) is 4.11 Å². The molecule has 0 saturated carbocycles. The SMILES string of the molecule is [2H]c1c([2H])c([2H])c2c(c1[2H])c1c([2H])c(-c3nc(-c4ccccc4)nc(-c4ccccc4)n3)c([2H])c([2H])c1n2-c1ccc2c(c1)oc1c(-c3ccccc3)cccc12. The first kappa shape index (κ1) is 21.9. The van der Waals surface area contributed by atoms with E-state index in [1.54, 1.807) is 16.7 Å². The Bertz CT molecular complexity index is 3200. The molecule has 0 spiro atoms. The topological polar surface area (TPSA) is 56.7 Å². The highest BCUT2D eigenvalue weighted by molar-refractivity contribution is 6.12. The van der Waals surface area contributed by atoms with E-state index in [4.69, 9.17) is 24.9 Å². The van der Waals surface area contributed by atoms with Crippen molar-refractivity contribution in [3.05, 3.63) is 170 Å². The molecule has 0 saturated heterocycles. The molecule has 0 aliphatic rings. The monoisotopic (exact) mass is 647 g/mol. The van der Waals surface area contributed by atoms with E-state index in [-0.39, 0.29) is 63.4 Å². The summed E-state index contributed by atoms with van der Waals surface area (Å²) < 4.78 is 72.4. The van der Waals surface area contributed by atoms with Crippen LogP contribution in [-0.2, 0) is 0 Å². The summed E-state index contributed by atoms with van der Waals surface area (Å²) in [5, 5.41) is 1.86. The first-order chi connectivity index (χ1) is 27.7. The molecule has 0 N–H and O–H groups in total. The van der Waals surface area contributed by atoms with Gasteiger partial charge in [-0.3, -0.25) is 0 Å². The van der Waals surface area contributed by atoms with Gasteiger partial charge < -0.3 is 8.98 Å². The molecule has 0 amide bonds. The minimum absolute atomic E-state index is 0.00671. The van der Waals surface area contributed by atoms with Gasteiger partial charge in [-0.05, 0) is 41.9 Å². The zero-order valence-corrected chi connectivity index (χ0v) is 26.3. The van der Waals surface area contributed by atoms with E-state index in [0.29, 0.717) is 39.6 Å². The Hall–Kier alpha value is -6.85. The second kappa shape index (κ2) is 11.4. The van der Waals surface area contributed by atoms with Gasteiger partial charge in [-0.2, -0.15) is 0 Å². The highest BCUT2D eigenvalue weighted by Crippen LogP contribution is 2.39. The third kappa shape index (κ3) is 4.60. The molecule has 0 aliphatic heterocycles. The first-order valence-corrected chi connectivity index (χ1v) is 16.1. The van der Waals surface area contributed by atoms with Gasteiger partial charge in [0.1, 0.15) is 11.2 Å². The zero-order valence-electron chi connectivity index (χ0n) is 33.3. The smallest absolute Gasteiger partial charge is 0.164 e. The molecule has 0 atom stereocenters. The molecule has 50 heavy (non-hydrogen) atoms. The van der Waals surface area contributed by atoms with E-state index in [1.165, 1.54) is 0 Å². The van der Waals surface area contributed by atoms with Crippen LogP contribution in [0.5, 0.6) is 0 Å². The van der Waals surface area contributed by atoms with Crippen LogP contribution >= 0.6 is 0 Å². The minimum Gasteiger partial charge on any atom is -0.455 e. The number of furan rings is 1. The van der Waals surface area contributed by atoms with Gasteiger partial charge in [0.05, 0.1) is 20.6 Å². The fourth-order valence-electron chi connectivity index (χ4n) is 6.58. The number of para-hydroxylation sites is 2. The highest BCUT2D eigenvalue weighted by atomic mass is 16.3. The normalized spacial score (nSPS) is 13.6. The number of benzene rings is 7. The molecule has 0 aliphatic carbocycles. The number of nitrogens with zero attached hydrogens (tertiary/aromatic N) is 4. The lowest BCUT2D eigenvalue weighted by molar-refractivity contribution is 0.669. The second-order valence-electron chi connectivity index (χ2n) is 11.9. The van der Waals surface area contributed by atoms with Crippen LogP contribution in [0.4, 0.5) is 0 Å². The number of hydrogen-bond acceptors (Lipinski definition) is 4. The number of aromatic nitrogens is 4. The summed E-state index contributed by atoms with van der Waals surface area (Å²) >= 11 is 0. The Labute approximate surface area is 297 Å².